The molecule has 0 aromatic heterocycles. The molecule has 1 heterocycles. The number of benzene rings is 2. The van der Waals surface area contributed by atoms with Gasteiger partial charge < -0.3 is 34.6 Å². The zero-order valence-corrected chi connectivity index (χ0v) is 18.6. The van der Waals surface area contributed by atoms with E-state index in [1.807, 2.05) is 37.3 Å². The SMILES string of the molecule is CC(Oc1ccc(Cc2cc([C@@H]3O[C@H](CO)[C@@H](O)[C@H](O)[C@H]3O)ccc2Cl)cc1)OC1CC1. The molecular formula is C24H29ClO7. The Balaban J connectivity index is 1.45. The van der Waals surface area contributed by atoms with Crippen LogP contribution >= 0.6 is 11.6 Å². The fourth-order valence-electron chi connectivity index (χ4n) is 3.88. The molecule has 8 heteroatoms. The maximum atomic E-state index is 10.4. The van der Waals surface area contributed by atoms with Crippen molar-refractivity contribution < 1.29 is 34.6 Å². The molecule has 0 spiro atoms. The molecule has 174 valence electrons. The lowest BCUT2D eigenvalue weighted by molar-refractivity contribution is -0.231. The molecule has 0 bridgehead atoms. The van der Waals surface area contributed by atoms with Crippen molar-refractivity contribution in [2.75, 3.05) is 6.61 Å². The van der Waals surface area contributed by atoms with Gasteiger partial charge in [0.15, 0.2) is 6.29 Å². The van der Waals surface area contributed by atoms with Crippen molar-refractivity contribution in [1.29, 1.82) is 0 Å². The van der Waals surface area contributed by atoms with Gasteiger partial charge in [-0.15, -0.1) is 0 Å². The number of rotatable bonds is 8. The van der Waals surface area contributed by atoms with E-state index in [0.717, 1.165) is 29.7 Å². The predicted octanol–water partition coefficient (Wildman–Crippen LogP) is 2.35. The molecule has 7 nitrogen and oxygen atoms in total. The molecule has 2 aromatic carbocycles. The summed E-state index contributed by atoms with van der Waals surface area (Å²) in [6, 6.07) is 12.9. The first-order chi connectivity index (χ1) is 15.4. The van der Waals surface area contributed by atoms with E-state index in [1.165, 1.54) is 0 Å². The molecule has 2 fully saturated rings. The number of hydrogen-bond acceptors (Lipinski definition) is 7. The molecule has 4 N–H and O–H groups in total. The summed E-state index contributed by atoms with van der Waals surface area (Å²) in [7, 11) is 0. The van der Waals surface area contributed by atoms with E-state index in [0.29, 0.717) is 23.1 Å². The van der Waals surface area contributed by atoms with Gasteiger partial charge in [-0.3, -0.25) is 0 Å². The van der Waals surface area contributed by atoms with Crippen molar-refractivity contribution in [2.24, 2.45) is 0 Å². The van der Waals surface area contributed by atoms with Gasteiger partial charge in [0, 0.05) is 5.02 Å². The highest BCUT2D eigenvalue weighted by Gasteiger charge is 2.44. The number of hydrogen-bond donors (Lipinski definition) is 4. The van der Waals surface area contributed by atoms with Gasteiger partial charge in [-0.25, -0.2) is 0 Å². The summed E-state index contributed by atoms with van der Waals surface area (Å²) in [4.78, 5) is 0. The van der Waals surface area contributed by atoms with Crippen LogP contribution in [0.25, 0.3) is 0 Å². The van der Waals surface area contributed by atoms with Crippen LogP contribution in [0.4, 0.5) is 0 Å². The molecule has 32 heavy (non-hydrogen) atoms. The minimum absolute atomic E-state index is 0.294. The van der Waals surface area contributed by atoms with E-state index < -0.39 is 37.1 Å². The maximum absolute atomic E-state index is 10.4. The minimum Gasteiger partial charge on any atom is -0.465 e. The van der Waals surface area contributed by atoms with Gasteiger partial charge in [0.25, 0.3) is 0 Å². The highest BCUT2D eigenvalue weighted by atomic mass is 35.5. The Morgan fingerprint density at radius 2 is 1.75 bits per heavy atom. The quantitative estimate of drug-likeness (QED) is 0.444. The Morgan fingerprint density at radius 3 is 2.41 bits per heavy atom. The molecule has 1 saturated heterocycles. The standard InChI is InChI=1S/C24H29ClO7/c1-13(31-18-7-8-18)30-17-5-2-14(3-6-17)10-16-11-15(4-9-19(16)25)24-23(29)22(28)21(27)20(12-26)32-24/h2-6,9,11,13,18,20-24,26-29H,7-8,10,12H2,1H3/t13?,20-,21-,22+,23-,24+/m1/s1. The average molecular weight is 465 g/mol. The smallest absolute Gasteiger partial charge is 0.197 e. The molecule has 0 amide bonds. The monoisotopic (exact) mass is 464 g/mol. The van der Waals surface area contributed by atoms with Crippen LogP contribution < -0.4 is 4.74 Å². The molecule has 1 saturated carbocycles. The van der Waals surface area contributed by atoms with Gasteiger partial charge >= 0.3 is 0 Å². The Hall–Kier alpha value is -1.71. The van der Waals surface area contributed by atoms with Crippen LogP contribution in [-0.2, 0) is 15.9 Å². The minimum atomic E-state index is -1.43. The molecule has 1 unspecified atom stereocenters. The topological polar surface area (TPSA) is 109 Å². The summed E-state index contributed by atoms with van der Waals surface area (Å²) in [5.41, 5.74) is 2.44. The number of ether oxygens (including phenoxy) is 3. The maximum Gasteiger partial charge on any atom is 0.197 e. The molecule has 6 atom stereocenters. The number of halogens is 1. The van der Waals surface area contributed by atoms with Crippen molar-refractivity contribution in [3.8, 4) is 5.75 Å². The molecule has 0 radical (unpaired) electrons. The summed E-state index contributed by atoms with van der Waals surface area (Å²) >= 11 is 6.41. The van der Waals surface area contributed by atoms with Crippen molar-refractivity contribution >= 4 is 11.6 Å². The second kappa shape index (κ2) is 10.1. The second-order valence-electron chi connectivity index (χ2n) is 8.44. The van der Waals surface area contributed by atoms with Crippen molar-refractivity contribution in [3.63, 3.8) is 0 Å². The zero-order valence-electron chi connectivity index (χ0n) is 17.8. The second-order valence-corrected chi connectivity index (χ2v) is 8.85. The Morgan fingerprint density at radius 1 is 1.03 bits per heavy atom. The Labute approximate surface area is 192 Å². The fraction of sp³-hybridized carbons (Fsp3) is 0.500. The highest BCUT2D eigenvalue weighted by Crippen LogP contribution is 2.34. The summed E-state index contributed by atoms with van der Waals surface area (Å²) in [6.07, 6.45) is -3.26. The predicted molar refractivity (Wildman–Crippen MR) is 118 cm³/mol. The number of aliphatic hydroxyl groups excluding tert-OH is 4. The van der Waals surface area contributed by atoms with E-state index in [2.05, 4.69) is 0 Å². The van der Waals surface area contributed by atoms with Crippen LogP contribution in [0.2, 0.25) is 5.02 Å². The fourth-order valence-corrected chi connectivity index (χ4v) is 4.07. The van der Waals surface area contributed by atoms with Gasteiger partial charge in [0.1, 0.15) is 36.3 Å². The molecule has 1 aliphatic heterocycles. The van der Waals surface area contributed by atoms with Gasteiger partial charge in [0.2, 0.25) is 0 Å². The van der Waals surface area contributed by atoms with Gasteiger partial charge in [-0.05, 0) is 61.1 Å². The first-order valence-corrected chi connectivity index (χ1v) is 11.2. The van der Waals surface area contributed by atoms with Crippen LogP contribution in [0.15, 0.2) is 42.5 Å². The molecular weight excluding hydrogens is 436 g/mol. The van der Waals surface area contributed by atoms with Crippen LogP contribution in [-0.4, -0.2) is 63.8 Å². The van der Waals surface area contributed by atoms with Crippen LogP contribution in [0.5, 0.6) is 5.75 Å². The van der Waals surface area contributed by atoms with E-state index >= 15 is 0 Å². The van der Waals surface area contributed by atoms with Crippen LogP contribution in [0, 0.1) is 0 Å². The largest absolute Gasteiger partial charge is 0.465 e. The van der Waals surface area contributed by atoms with E-state index in [-0.39, 0.29) is 6.29 Å². The normalized spacial score (nSPS) is 29.0. The third kappa shape index (κ3) is 5.43. The third-order valence-electron chi connectivity index (χ3n) is 5.82. The lowest BCUT2D eigenvalue weighted by Crippen LogP contribution is -2.55. The first-order valence-electron chi connectivity index (χ1n) is 10.9. The van der Waals surface area contributed by atoms with Gasteiger partial charge in [0.05, 0.1) is 12.7 Å². The van der Waals surface area contributed by atoms with Gasteiger partial charge in [-0.2, -0.15) is 0 Å². The average Bonchev–Trinajstić information content (AvgIpc) is 3.59. The van der Waals surface area contributed by atoms with Crippen molar-refractivity contribution in [2.45, 2.75) is 69.1 Å². The van der Waals surface area contributed by atoms with E-state index in [9.17, 15) is 20.4 Å². The summed E-state index contributed by atoms with van der Waals surface area (Å²) in [5, 5.41) is 40.5. The zero-order chi connectivity index (χ0) is 22.8. The first kappa shape index (κ1) is 23.4. The Kier molecular flexibility index (Phi) is 7.37. The van der Waals surface area contributed by atoms with Gasteiger partial charge in [-0.1, -0.05) is 35.9 Å². The number of aliphatic hydroxyl groups is 4. The summed E-state index contributed by atoms with van der Waals surface area (Å²) in [6.45, 7) is 1.41. The van der Waals surface area contributed by atoms with Crippen molar-refractivity contribution in [1.82, 2.24) is 0 Å². The highest BCUT2D eigenvalue weighted by molar-refractivity contribution is 6.31. The van der Waals surface area contributed by atoms with E-state index in [4.69, 9.17) is 25.8 Å². The lowest BCUT2D eigenvalue weighted by Gasteiger charge is -2.40. The van der Waals surface area contributed by atoms with Crippen molar-refractivity contribution in [3.05, 3.63) is 64.2 Å². The molecule has 1 aliphatic carbocycles. The van der Waals surface area contributed by atoms with Crippen LogP contribution in [0.1, 0.15) is 42.6 Å². The molecule has 2 aliphatic rings. The van der Waals surface area contributed by atoms with E-state index in [1.54, 1.807) is 12.1 Å². The van der Waals surface area contributed by atoms with Crippen LogP contribution in [0.3, 0.4) is 0 Å². The third-order valence-corrected chi connectivity index (χ3v) is 6.19. The Bertz CT molecular complexity index is 900. The summed E-state index contributed by atoms with van der Waals surface area (Å²) in [5.74, 6) is 0.725. The summed E-state index contributed by atoms with van der Waals surface area (Å²) < 4.78 is 17.1. The lowest BCUT2D eigenvalue weighted by atomic mass is 9.90. The molecule has 2 aromatic rings. The molecule has 4 rings (SSSR count).